The smallest absolute Gasteiger partial charge is 0.416 e. The van der Waals surface area contributed by atoms with E-state index in [4.69, 9.17) is 10.5 Å². The highest BCUT2D eigenvalue weighted by Gasteiger charge is 2.37. The summed E-state index contributed by atoms with van der Waals surface area (Å²) in [6.07, 6.45) is -4.37. The fourth-order valence-corrected chi connectivity index (χ4v) is 3.17. The summed E-state index contributed by atoms with van der Waals surface area (Å²) in [7, 11) is 0. The highest BCUT2D eigenvalue weighted by Crippen LogP contribution is 2.34. The first kappa shape index (κ1) is 16.1. The van der Waals surface area contributed by atoms with E-state index in [0.29, 0.717) is 12.1 Å². The summed E-state index contributed by atoms with van der Waals surface area (Å²) < 4.78 is 44.3. The minimum atomic E-state index is -4.37. The number of piperazine rings is 1. The number of hydrogen-bond donors (Lipinski definition) is 3. The van der Waals surface area contributed by atoms with E-state index in [1.54, 1.807) is 6.07 Å². The molecule has 3 rings (SSSR count). The molecular weight excluding hydrogens is 309 g/mol. The van der Waals surface area contributed by atoms with Crippen LogP contribution in [0.2, 0.25) is 0 Å². The van der Waals surface area contributed by atoms with Crippen LogP contribution in [0.1, 0.15) is 17.0 Å². The van der Waals surface area contributed by atoms with Crippen molar-refractivity contribution in [3.05, 3.63) is 35.4 Å². The fraction of sp³-hybridized carbons (Fsp3) is 0.533. The lowest BCUT2D eigenvalue weighted by Gasteiger charge is -2.34. The van der Waals surface area contributed by atoms with Crippen LogP contribution < -0.4 is 16.4 Å². The molecule has 0 aromatic heterocycles. The Morgan fingerprint density at radius 2 is 2.13 bits per heavy atom. The fourth-order valence-electron chi connectivity index (χ4n) is 3.17. The van der Waals surface area contributed by atoms with E-state index in [-0.39, 0.29) is 30.6 Å². The minimum absolute atomic E-state index is 0.0320. The van der Waals surface area contributed by atoms with Crippen LogP contribution in [0, 0.1) is 0 Å². The molecule has 3 unspecified atom stereocenters. The van der Waals surface area contributed by atoms with Crippen molar-refractivity contribution in [1.29, 1.82) is 0 Å². The van der Waals surface area contributed by atoms with Crippen LogP contribution in [0.4, 0.5) is 13.2 Å². The third kappa shape index (κ3) is 3.59. The zero-order chi connectivity index (χ0) is 16.4. The maximum absolute atomic E-state index is 13.0. The van der Waals surface area contributed by atoms with Crippen molar-refractivity contribution in [2.75, 3.05) is 26.2 Å². The Morgan fingerprint density at radius 1 is 1.30 bits per heavy atom. The van der Waals surface area contributed by atoms with E-state index in [9.17, 15) is 13.2 Å². The molecule has 4 N–H and O–H groups in total. The molecule has 1 saturated heterocycles. The van der Waals surface area contributed by atoms with Crippen LogP contribution in [-0.4, -0.2) is 44.3 Å². The van der Waals surface area contributed by atoms with Gasteiger partial charge in [0.1, 0.15) is 6.61 Å². The lowest BCUT2D eigenvalue weighted by Crippen LogP contribution is -2.53. The quantitative estimate of drug-likeness (QED) is 0.776. The van der Waals surface area contributed by atoms with Crippen molar-refractivity contribution >= 4 is 6.02 Å². The summed E-state index contributed by atoms with van der Waals surface area (Å²) in [6, 6.07) is 5.19. The number of alkyl halides is 3. The third-order valence-electron chi connectivity index (χ3n) is 4.21. The number of hydrogen-bond acceptors (Lipinski definition) is 5. The predicted octanol–water partition coefficient (Wildman–Crippen LogP) is 1.06. The third-order valence-corrected chi connectivity index (χ3v) is 4.21. The van der Waals surface area contributed by atoms with Crippen molar-refractivity contribution in [2.45, 2.75) is 24.2 Å². The molecule has 1 aromatic rings. The van der Waals surface area contributed by atoms with Gasteiger partial charge in [0.2, 0.25) is 0 Å². The Morgan fingerprint density at radius 3 is 2.74 bits per heavy atom. The van der Waals surface area contributed by atoms with Crippen LogP contribution >= 0.6 is 0 Å². The highest BCUT2D eigenvalue weighted by atomic mass is 19.4. The Labute approximate surface area is 132 Å². The summed E-state index contributed by atoms with van der Waals surface area (Å²) in [4.78, 5) is 4.26. The average molecular weight is 328 g/mol. The number of halogens is 3. The molecule has 0 bridgehead atoms. The molecule has 0 saturated carbocycles. The molecule has 3 atom stereocenters. The molecular formula is C15H19F3N4O. The average Bonchev–Trinajstić information content (AvgIpc) is 2.94. The molecule has 1 fully saturated rings. The number of amidine groups is 1. The van der Waals surface area contributed by atoms with Gasteiger partial charge in [-0.15, -0.1) is 0 Å². The van der Waals surface area contributed by atoms with Gasteiger partial charge in [-0.25, -0.2) is 4.99 Å². The highest BCUT2D eigenvalue weighted by molar-refractivity contribution is 5.73. The summed E-state index contributed by atoms with van der Waals surface area (Å²) in [6.45, 7) is 2.53. The first-order valence-electron chi connectivity index (χ1n) is 7.52. The first-order chi connectivity index (χ1) is 10.9. The number of ether oxygens (including phenoxy) is 1. The standard InChI is InChI=1S/C15H19F3N4O/c16-15(17,18)10-3-1-2-9(6-10)13(11-7-20-4-5-21-11)12-8-23-14(19)22-12/h1-3,6,11-13,20-21H,4-5,7-8H2,(H2,19,22). The van der Waals surface area contributed by atoms with Crippen molar-refractivity contribution < 1.29 is 17.9 Å². The summed E-state index contributed by atoms with van der Waals surface area (Å²) in [5.41, 5.74) is 5.52. The molecule has 1 aromatic carbocycles. The number of nitrogens with zero attached hydrogens (tertiary/aromatic N) is 1. The number of benzene rings is 1. The predicted molar refractivity (Wildman–Crippen MR) is 80.2 cm³/mol. The summed E-state index contributed by atoms with van der Waals surface area (Å²) in [5, 5.41) is 6.62. The van der Waals surface area contributed by atoms with E-state index in [0.717, 1.165) is 19.2 Å². The second-order valence-corrected chi connectivity index (χ2v) is 5.76. The SMILES string of the molecule is NC1=NC(C(c2cccc(C(F)(F)F)c2)C2CNCCN2)CO1. The monoisotopic (exact) mass is 328 g/mol. The first-order valence-corrected chi connectivity index (χ1v) is 7.52. The largest absolute Gasteiger partial charge is 0.463 e. The normalized spacial score (nSPS) is 26.5. The summed E-state index contributed by atoms with van der Waals surface area (Å²) in [5.74, 6) is -0.244. The van der Waals surface area contributed by atoms with Crippen molar-refractivity contribution in [1.82, 2.24) is 10.6 Å². The Hall–Kier alpha value is -1.80. The number of aliphatic imine (C=N–C) groups is 1. The van der Waals surface area contributed by atoms with E-state index in [2.05, 4.69) is 15.6 Å². The van der Waals surface area contributed by atoms with Gasteiger partial charge in [0, 0.05) is 31.6 Å². The Kier molecular flexibility index (Phi) is 4.45. The molecule has 0 radical (unpaired) electrons. The second-order valence-electron chi connectivity index (χ2n) is 5.76. The van der Waals surface area contributed by atoms with Gasteiger partial charge in [0.05, 0.1) is 11.6 Å². The molecule has 2 aliphatic rings. The van der Waals surface area contributed by atoms with Crippen molar-refractivity contribution in [2.24, 2.45) is 10.7 Å². The molecule has 5 nitrogen and oxygen atoms in total. The number of nitrogens with two attached hydrogens (primary N) is 1. The minimum Gasteiger partial charge on any atom is -0.463 e. The zero-order valence-electron chi connectivity index (χ0n) is 12.4. The van der Waals surface area contributed by atoms with Crippen LogP contribution in [0.15, 0.2) is 29.3 Å². The van der Waals surface area contributed by atoms with Crippen molar-refractivity contribution in [3.8, 4) is 0 Å². The number of nitrogens with one attached hydrogen (secondary N) is 2. The van der Waals surface area contributed by atoms with Crippen LogP contribution in [0.25, 0.3) is 0 Å². The van der Waals surface area contributed by atoms with Gasteiger partial charge in [-0.3, -0.25) is 0 Å². The van der Waals surface area contributed by atoms with Gasteiger partial charge in [-0.05, 0) is 11.6 Å². The molecule has 0 spiro atoms. The number of rotatable bonds is 3. The van der Waals surface area contributed by atoms with Crippen LogP contribution in [-0.2, 0) is 10.9 Å². The maximum atomic E-state index is 13.0. The topological polar surface area (TPSA) is 71.7 Å². The van der Waals surface area contributed by atoms with E-state index >= 15 is 0 Å². The molecule has 2 aliphatic heterocycles. The van der Waals surface area contributed by atoms with E-state index in [1.165, 1.54) is 12.1 Å². The molecule has 0 aliphatic carbocycles. The van der Waals surface area contributed by atoms with Gasteiger partial charge in [-0.2, -0.15) is 13.2 Å². The summed E-state index contributed by atoms with van der Waals surface area (Å²) >= 11 is 0. The lowest BCUT2D eigenvalue weighted by atomic mass is 9.84. The van der Waals surface area contributed by atoms with Gasteiger partial charge in [0.25, 0.3) is 6.02 Å². The van der Waals surface area contributed by atoms with Gasteiger partial charge in [0.15, 0.2) is 0 Å². The molecule has 126 valence electrons. The van der Waals surface area contributed by atoms with Gasteiger partial charge in [-0.1, -0.05) is 18.2 Å². The Balaban J connectivity index is 1.94. The van der Waals surface area contributed by atoms with Gasteiger partial charge < -0.3 is 21.1 Å². The lowest BCUT2D eigenvalue weighted by molar-refractivity contribution is -0.137. The van der Waals surface area contributed by atoms with Crippen LogP contribution in [0.5, 0.6) is 0 Å². The molecule has 23 heavy (non-hydrogen) atoms. The maximum Gasteiger partial charge on any atom is 0.416 e. The molecule has 2 heterocycles. The van der Waals surface area contributed by atoms with Gasteiger partial charge >= 0.3 is 6.18 Å². The zero-order valence-corrected chi connectivity index (χ0v) is 12.4. The molecule has 8 heteroatoms. The van der Waals surface area contributed by atoms with E-state index in [1.807, 2.05) is 0 Å². The molecule has 0 amide bonds. The second kappa shape index (κ2) is 6.37. The van der Waals surface area contributed by atoms with Crippen LogP contribution in [0.3, 0.4) is 0 Å². The Bertz CT molecular complexity index is 584. The van der Waals surface area contributed by atoms with E-state index < -0.39 is 11.7 Å². The van der Waals surface area contributed by atoms with Crippen molar-refractivity contribution in [3.63, 3.8) is 0 Å².